The topological polar surface area (TPSA) is 90.9 Å². The van der Waals surface area contributed by atoms with E-state index < -0.39 is 6.04 Å². The molecule has 0 aliphatic rings. The minimum absolute atomic E-state index is 0.0352. The third kappa shape index (κ3) is 7.76. The Morgan fingerprint density at radius 2 is 2.00 bits per heavy atom. The predicted octanol–water partition coefficient (Wildman–Crippen LogP) is -1.43. The largest absolute Gasteiger partial charge is 0.394 e. The summed E-state index contributed by atoms with van der Waals surface area (Å²) in [5.41, 5.74) is 0. The quantitative estimate of drug-likeness (QED) is 0.425. The van der Waals surface area contributed by atoms with Crippen LogP contribution in [-0.2, 0) is 14.3 Å². The summed E-state index contributed by atoms with van der Waals surface area (Å²) in [5.74, 6) is -0.340. The average molecular weight is 275 g/mol. The highest BCUT2D eigenvalue weighted by Gasteiger charge is 2.22. The van der Waals surface area contributed by atoms with Crippen LogP contribution in [0.3, 0.4) is 0 Å². The van der Waals surface area contributed by atoms with E-state index in [2.05, 4.69) is 10.6 Å². The molecule has 0 aromatic rings. The lowest BCUT2D eigenvalue weighted by atomic mass is 10.2. The Kier molecular flexibility index (Phi) is 10.1. The van der Waals surface area contributed by atoms with Crippen LogP contribution >= 0.6 is 0 Å². The summed E-state index contributed by atoms with van der Waals surface area (Å²) in [6, 6.07) is -0.510. The monoisotopic (exact) mass is 275 g/mol. The van der Waals surface area contributed by atoms with Gasteiger partial charge >= 0.3 is 0 Å². The number of carbonyl (C=O) groups excluding carboxylic acids is 2. The molecule has 2 amide bonds. The van der Waals surface area contributed by atoms with Crippen LogP contribution in [0.5, 0.6) is 0 Å². The fourth-order valence-electron chi connectivity index (χ4n) is 1.56. The molecule has 0 aliphatic heterocycles. The molecule has 0 aliphatic carbocycles. The Hall–Kier alpha value is -1.18. The maximum Gasteiger partial charge on any atom is 0.242 e. The Morgan fingerprint density at radius 3 is 2.53 bits per heavy atom. The molecule has 0 aromatic heterocycles. The number of nitrogens with zero attached hydrogens (tertiary/aromatic N) is 1. The van der Waals surface area contributed by atoms with Crippen molar-refractivity contribution in [1.29, 1.82) is 0 Å². The smallest absolute Gasteiger partial charge is 0.242 e. The number of amides is 2. The van der Waals surface area contributed by atoms with Crippen molar-refractivity contribution in [3.63, 3.8) is 0 Å². The van der Waals surface area contributed by atoms with Crippen LogP contribution in [0, 0.1) is 0 Å². The number of carbonyl (C=O) groups is 2. The van der Waals surface area contributed by atoms with Gasteiger partial charge in [0.2, 0.25) is 11.8 Å². The van der Waals surface area contributed by atoms with Gasteiger partial charge in [0.25, 0.3) is 0 Å². The molecule has 19 heavy (non-hydrogen) atoms. The zero-order valence-corrected chi connectivity index (χ0v) is 11.9. The third-order valence-electron chi connectivity index (χ3n) is 2.64. The molecule has 1 atom stereocenters. The summed E-state index contributed by atoms with van der Waals surface area (Å²) in [6.45, 7) is 5.19. The second-order valence-electron chi connectivity index (χ2n) is 4.12. The van der Waals surface area contributed by atoms with E-state index in [1.165, 1.54) is 11.8 Å². The van der Waals surface area contributed by atoms with Crippen LogP contribution in [-0.4, -0.2) is 74.4 Å². The van der Waals surface area contributed by atoms with Gasteiger partial charge < -0.3 is 25.4 Å². The van der Waals surface area contributed by atoms with Crippen molar-refractivity contribution in [3.05, 3.63) is 0 Å². The van der Waals surface area contributed by atoms with E-state index in [9.17, 15) is 9.59 Å². The van der Waals surface area contributed by atoms with Crippen molar-refractivity contribution in [2.24, 2.45) is 0 Å². The van der Waals surface area contributed by atoms with E-state index in [4.69, 9.17) is 9.84 Å². The van der Waals surface area contributed by atoms with E-state index >= 15 is 0 Å². The number of aliphatic hydroxyl groups excluding tert-OH is 1. The van der Waals surface area contributed by atoms with Gasteiger partial charge in [-0.05, 0) is 14.0 Å². The fourth-order valence-corrected chi connectivity index (χ4v) is 1.56. The van der Waals surface area contributed by atoms with Gasteiger partial charge in [0.15, 0.2) is 0 Å². The first-order valence-corrected chi connectivity index (χ1v) is 6.42. The van der Waals surface area contributed by atoms with Gasteiger partial charge in [0.05, 0.1) is 19.8 Å². The highest BCUT2D eigenvalue weighted by molar-refractivity contribution is 5.86. The van der Waals surface area contributed by atoms with Gasteiger partial charge in [-0.3, -0.25) is 9.59 Å². The molecule has 0 bridgehead atoms. The highest BCUT2D eigenvalue weighted by Crippen LogP contribution is 1.99. The lowest BCUT2D eigenvalue weighted by Gasteiger charge is -2.27. The molecule has 0 saturated carbocycles. The van der Waals surface area contributed by atoms with Gasteiger partial charge in [0, 0.05) is 26.6 Å². The molecule has 3 N–H and O–H groups in total. The maximum atomic E-state index is 11.9. The summed E-state index contributed by atoms with van der Waals surface area (Å²) in [4.78, 5) is 24.8. The highest BCUT2D eigenvalue weighted by atomic mass is 16.5. The van der Waals surface area contributed by atoms with Crippen molar-refractivity contribution < 1.29 is 19.4 Å². The average Bonchev–Trinajstić information content (AvgIpc) is 2.38. The van der Waals surface area contributed by atoms with Crippen molar-refractivity contribution >= 4 is 11.8 Å². The molecule has 0 heterocycles. The van der Waals surface area contributed by atoms with Crippen LogP contribution < -0.4 is 10.6 Å². The molecular formula is C12H25N3O4. The zero-order valence-electron chi connectivity index (χ0n) is 11.9. The second kappa shape index (κ2) is 10.7. The third-order valence-corrected chi connectivity index (χ3v) is 2.64. The van der Waals surface area contributed by atoms with E-state index in [1.54, 1.807) is 14.0 Å². The number of likely N-dealkylation sites (N-methyl/N-ethyl adjacent to an activating group) is 1. The first-order valence-electron chi connectivity index (χ1n) is 6.42. The van der Waals surface area contributed by atoms with E-state index in [1.807, 2.05) is 0 Å². The maximum absolute atomic E-state index is 11.9. The van der Waals surface area contributed by atoms with Gasteiger partial charge in [-0.25, -0.2) is 0 Å². The van der Waals surface area contributed by atoms with Gasteiger partial charge in [-0.1, -0.05) is 0 Å². The predicted molar refractivity (Wildman–Crippen MR) is 71.7 cm³/mol. The minimum atomic E-state index is -0.510. The summed E-state index contributed by atoms with van der Waals surface area (Å²) < 4.78 is 5.03. The standard InChI is InChI=1S/C12H25N3O4/c1-10(15(11(2)17)6-4-13-3)12(18)14-5-8-19-9-7-16/h10,13,16H,4-9H2,1-3H3,(H,14,18). The van der Waals surface area contributed by atoms with Crippen LogP contribution in [0.25, 0.3) is 0 Å². The molecule has 112 valence electrons. The molecule has 7 heteroatoms. The lowest BCUT2D eigenvalue weighted by Crippen LogP contribution is -2.49. The molecule has 0 saturated heterocycles. The summed E-state index contributed by atoms with van der Waals surface area (Å²) >= 11 is 0. The van der Waals surface area contributed by atoms with Gasteiger partial charge in [-0.2, -0.15) is 0 Å². The molecule has 0 spiro atoms. The van der Waals surface area contributed by atoms with E-state index in [-0.39, 0.29) is 25.0 Å². The van der Waals surface area contributed by atoms with Crippen molar-refractivity contribution in [1.82, 2.24) is 15.5 Å². The number of nitrogens with one attached hydrogen (secondary N) is 2. The summed E-state index contributed by atoms with van der Waals surface area (Å²) in [7, 11) is 1.79. The first-order chi connectivity index (χ1) is 9.04. The lowest BCUT2D eigenvalue weighted by molar-refractivity contribution is -0.138. The van der Waals surface area contributed by atoms with Crippen molar-refractivity contribution in [2.75, 3.05) is 46.5 Å². The Morgan fingerprint density at radius 1 is 1.32 bits per heavy atom. The molecule has 0 fully saturated rings. The van der Waals surface area contributed by atoms with Crippen LogP contribution in [0.15, 0.2) is 0 Å². The Balaban J connectivity index is 4.08. The number of hydrogen-bond donors (Lipinski definition) is 3. The van der Waals surface area contributed by atoms with Gasteiger partial charge in [-0.15, -0.1) is 0 Å². The summed E-state index contributed by atoms with van der Waals surface area (Å²) in [5, 5.41) is 14.2. The van der Waals surface area contributed by atoms with E-state index in [0.29, 0.717) is 26.2 Å². The number of rotatable bonds is 10. The number of hydrogen-bond acceptors (Lipinski definition) is 5. The Labute approximate surface area is 114 Å². The van der Waals surface area contributed by atoms with Crippen molar-refractivity contribution in [3.8, 4) is 0 Å². The van der Waals surface area contributed by atoms with Crippen LogP contribution in [0.1, 0.15) is 13.8 Å². The van der Waals surface area contributed by atoms with Crippen LogP contribution in [0.4, 0.5) is 0 Å². The molecule has 0 rings (SSSR count). The van der Waals surface area contributed by atoms with Gasteiger partial charge in [0.1, 0.15) is 6.04 Å². The molecule has 1 unspecified atom stereocenters. The minimum Gasteiger partial charge on any atom is -0.394 e. The number of ether oxygens (including phenoxy) is 1. The molecule has 0 aromatic carbocycles. The van der Waals surface area contributed by atoms with Crippen LogP contribution in [0.2, 0.25) is 0 Å². The molecular weight excluding hydrogens is 250 g/mol. The normalized spacial score (nSPS) is 12.0. The molecule has 0 radical (unpaired) electrons. The second-order valence-corrected chi connectivity index (χ2v) is 4.12. The SMILES string of the molecule is CNCCN(C(C)=O)C(C)C(=O)NCCOCCO. The summed E-state index contributed by atoms with van der Waals surface area (Å²) in [6.07, 6.45) is 0. The Bertz CT molecular complexity index is 274. The first kappa shape index (κ1) is 17.8. The number of aliphatic hydroxyl groups is 1. The van der Waals surface area contributed by atoms with Crippen molar-refractivity contribution in [2.45, 2.75) is 19.9 Å². The molecule has 7 nitrogen and oxygen atoms in total. The fraction of sp³-hybridized carbons (Fsp3) is 0.833. The zero-order chi connectivity index (χ0) is 14.7. The van der Waals surface area contributed by atoms with E-state index in [0.717, 1.165) is 0 Å².